The number of carbonyl (C=O) groups is 2. The van der Waals surface area contributed by atoms with Crippen LogP contribution in [0.5, 0.6) is 5.75 Å². The minimum atomic E-state index is -0.231. The van der Waals surface area contributed by atoms with Gasteiger partial charge < -0.3 is 4.74 Å². The van der Waals surface area contributed by atoms with E-state index in [1.165, 1.54) is 4.90 Å². The van der Waals surface area contributed by atoms with Gasteiger partial charge >= 0.3 is 0 Å². The van der Waals surface area contributed by atoms with Gasteiger partial charge in [-0.3, -0.25) is 14.5 Å². The summed E-state index contributed by atoms with van der Waals surface area (Å²) >= 11 is 0. The Kier molecular flexibility index (Phi) is 3.22. The molecule has 1 aliphatic heterocycles. The molecule has 0 unspecified atom stereocenters. The first-order valence-electron chi connectivity index (χ1n) is 6.70. The van der Waals surface area contributed by atoms with Crippen molar-refractivity contribution in [3.63, 3.8) is 0 Å². The molecule has 0 aromatic heterocycles. The molecule has 2 aromatic carbocycles. The highest BCUT2D eigenvalue weighted by Gasteiger charge is 2.35. The second kappa shape index (κ2) is 5.05. The maximum absolute atomic E-state index is 12.4. The molecule has 0 saturated heterocycles. The lowest BCUT2D eigenvalue weighted by Crippen LogP contribution is -2.29. The minimum absolute atomic E-state index is 0.227. The molecule has 106 valence electrons. The molecule has 0 radical (unpaired) electrons. The molecule has 0 atom stereocenters. The number of hydrogen-bond donors (Lipinski definition) is 0. The third kappa shape index (κ3) is 2.29. The Morgan fingerprint density at radius 3 is 2.29 bits per heavy atom. The average molecular weight is 281 g/mol. The fraction of sp³-hybridized carbons (Fsp3) is 0.176. The second-order valence-corrected chi connectivity index (χ2v) is 5.09. The first-order valence-corrected chi connectivity index (χ1v) is 6.70. The van der Waals surface area contributed by atoms with E-state index in [0.29, 0.717) is 11.1 Å². The van der Waals surface area contributed by atoms with E-state index >= 15 is 0 Å². The number of amides is 2. The lowest BCUT2D eigenvalue weighted by Gasteiger charge is -2.14. The zero-order chi connectivity index (χ0) is 15.0. The summed E-state index contributed by atoms with van der Waals surface area (Å²) < 4.78 is 5.10. The molecular formula is C17H15NO3. The summed E-state index contributed by atoms with van der Waals surface area (Å²) in [5, 5.41) is 0. The first kappa shape index (κ1) is 13.4. The Morgan fingerprint density at radius 1 is 0.952 bits per heavy atom. The van der Waals surface area contributed by atoms with Crippen LogP contribution in [-0.4, -0.2) is 23.8 Å². The molecule has 1 heterocycles. The van der Waals surface area contributed by atoms with E-state index in [1.807, 2.05) is 37.3 Å². The van der Waals surface area contributed by atoms with Gasteiger partial charge in [0.25, 0.3) is 11.8 Å². The molecule has 0 N–H and O–H groups in total. The summed E-state index contributed by atoms with van der Waals surface area (Å²) in [6.07, 6.45) is 0. The van der Waals surface area contributed by atoms with Gasteiger partial charge in [0.05, 0.1) is 24.8 Å². The molecule has 0 aliphatic carbocycles. The Labute approximate surface area is 123 Å². The predicted molar refractivity (Wildman–Crippen MR) is 78.4 cm³/mol. The molecule has 2 amide bonds. The van der Waals surface area contributed by atoms with Gasteiger partial charge in [0.1, 0.15) is 5.75 Å². The molecule has 1 aliphatic rings. The molecule has 0 spiro atoms. The summed E-state index contributed by atoms with van der Waals surface area (Å²) in [6, 6.07) is 12.7. The zero-order valence-corrected chi connectivity index (χ0v) is 11.9. The molecule has 0 fully saturated rings. The monoisotopic (exact) mass is 281 g/mol. The van der Waals surface area contributed by atoms with Crippen molar-refractivity contribution in [3.8, 4) is 5.75 Å². The molecular weight excluding hydrogens is 266 g/mol. The number of nitrogens with zero attached hydrogens (tertiary/aromatic N) is 1. The highest BCUT2D eigenvalue weighted by atomic mass is 16.5. The van der Waals surface area contributed by atoms with Crippen LogP contribution in [0, 0.1) is 6.92 Å². The fourth-order valence-corrected chi connectivity index (χ4v) is 2.46. The van der Waals surface area contributed by atoms with Crippen LogP contribution in [0.1, 0.15) is 31.8 Å². The summed E-state index contributed by atoms with van der Waals surface area (Å²) in [6.45, 7) is 2.18. The van der Waals surface area contributed by atoms with Crippen molar-refractivity contribution in [1.82, 2.24) is 4.90 Å². The van der Waals surface area contributed by atoms with Crippen molar-refractivity contribution in [2.24, 2.45) is 0 Å². The van der Waals surface area contributed by atoms with Crippen molar-refractivity contribution in [1.29, 1.82) is 0 Å². The SMILES string of the molecule is COc1ccc(CN2C(=O)c3ccc(C)cc3C2=O)cc1. The third-order valence-corrected chi connectivity index (χ3v) is 3.63. The molecule has 21 heavy (non-hydrogen) atoms. The number of ether oxygens (including phenoxy) is 1. The lowest BCUT2D eigenvalue weighted by atomic mass is 10.1. The van der Waals surface area contributed by atoms with Crippen molar-refractivity contribution >= 4 is 11.8 Å². The summed E-state index contributed by atoms with van der Waals surface area (Å²) in [7, 11) is 1.60. The Bertz CT molecular complexity index is 719. The highest BCUT2D eigenvalue weighted by Crippen LogP contribution is 2.25. The summed E-state index contributed by atoms with van der Waals surface area (Å²) in [4.78, 5) is 26.0. The summed E-state index contributed by atoms with van der Waals surface area (Å²) in [5.41, 5.74) is 2.84. The predicted octanol–water partition coefficient (Wildman–Crippen LogP) is 2.80. The van der Waals surface area contributed by atoms with Gasteiger partial charge in [-0.25, -0.2) is 0 Å². The van der Waals surface area contributed by atoms with Crippen LogP contribution in [0.4, 0.5) is 0 Å². The van der Waals surface area contributed by atoms with E-state index in [0.717, 1.165) is 16.9 Å². The van der Waals surface area contributed by atoms with Crippen molar-refractivity contribution in [2.45, 2.75) is 13.5 Å². The number of imide groups is 1. The maximum Gasteiger partial charge on any atom is 0.261 e. The van der Waals surface area contributed by atoms with Crippen LogP contribution in [0.2, 0.25) is 0 Å². The van der Waals surface area contributed by atoms with Crippen LogP contribution in [-0.2, 0) is 6.54 Å². The average Bonchev–Trinajstić information content (AvgIpc) is 2.73. The number of methoxy groups -OCH3 is 1. The van der Waals surface area contributed by atoms with Crippen LogP contribution in [0.25, 0.3) is 0 Å². The van der Waals surface area contributed by atoms with Gasteiger partial charge in [-0.05, 0) is 36.8 Å². The number of benzene rings is 2. The maximum atomic E-state index is 12.4. The molecule has 2 aromatic rings. The van der Waals surface area contributed by atoms with E-state index in [9.17, 15) is 9.59 Å². The zero-order valence-electron chi connectivity index (χ0n) is 11.9. The molecule has 0 bridgehead atoms. The lowest BCUT2D eigenvalue weighted by molar-refractivity contribution is 0.0642. The van der Waals surface area contributed by atoms with Crippen molar-refractivity contribution < 1.29 is 14.3 Å². The molecule has 0 saturated carbocycles. The van der Waals surface area contributed by atoms with E-state index in [1.54, 1.807) is 19.2 Å². The largest absolute Gasteiger partial charge is 0.497 e. The van der Waals surface area contributed by atoms with Gasteiger partial charge in [-0.15, -0.1) is 0 Å². The van der Waals surface area contributed by atoms with Crippen LogP contribution < -0.4 is 4.74 Å². The minimum Gasteiger partial charge on any atom is -0.497 e. The van der Waals surface area contributed by atoms with Crippen LogP contribution >= 0.6 is 0 Å². The Morgan fingerprint density at radius 2 is 1.62 bits per heavy atom. The fourth-order valence-electron chi connectivity index (χ4n) is 2.46. The van der Waals surface area contributed by atoms with Crippen LogP contribution in [0.15, 0.2) is 42.5 Å². The van der Waals surface area contributed by atoms with Crippen LogP contribution in [0.3, 0.4) is 0 Å². The van der Waals surface area contributed by atoms with E-state index in [-0.39, 0.29) is 18.4 Å². The smallest absolute Gasteiger partial charge is 0.261 e. The highest BCUT2D eigenvalue weighted by molar-refractivity contribution is 6.21. The quantitative estimate of drug-likeness (QED) is 0.813. The molecule has 4 nitrogen and oxygen atoms in total. The van der Waals surface area contributed by atoms with Gasteiger partial charge in [0, 0.05) is 0 Å². The molecule has 4 heteroatoms. The van der Waals surface area contributed by atoms with E-state index in [4.69, 9.17) is 4.74 Å². The number of rotatable bonds is 3. The Hall–Kier alpha value is -2.62. The van der Waals surface area contributed by atoms with Gasteiger partial charge in [-0.2, -0.15) is 0 Å². The second-order valence-electron chi connectivity index (χ2n) is 5.09. The van der Waals surface area contributed by atoms with Gasteiger partial charge in [-0.1, -0.05) is 23.8 Å². The standard InChI is InChI=1S/C17H15NO3/c1-11-3-8-14-15(9-11)17(20)18(16(14)19)10-12-4-6-13(21-2)7-5-12/h3-9H,10H2,1-2H3. The molecule has 3 rings (SSSR count). The van der Waals surface area contributed by atoms with Gasteiger partial charge in [0.15, 0.2) is 0 Å². The van der Waals surface area contributed by atoms with Gasteiger partial charge in [0.2, 0.25) is 0 Å². The Balaban J connectivity index is 1.87. The first-order chi connectivity index (χ1) is 10.1. The summed E-state index contributed by atoms with van der Waals surface area (Å²) in [5.74, 6) is 0.289. The van der Waals surface area contributed by atoms with E-state index < -0.39 is 0 Å². The number of hydrogen-bond acceptors (Lipinski definition) is 3. The van der Waals surface area contributed by atoms with Crippen molar-refractivity contribution in [3.05, 3.63) is 64.7 Å². The van der Waals surface area contributed by atoms with Crippen molar-refractivity contribution in [2.75, 3.05) is 7.11 Å². The third-order valence-electron chi connectivity index (χ3n) is 3.63. The number of carbonyl (C=O) groups excluding carboxylic acids is 2. The number of aryl methyl sites for hydroxylation is 1. The number of fused-ring (bicyclic) bond motifs is 1. The normalized spacial score (nSPS) is 13.5. The topological polar surface area (TPSA) is 46.6 Å². The van der Waals surface area contributed by atoms with E-state index in [2.05, 4.69) is 0 Å².